The topological polar surface area (TPSA) is 70.7 Å². The molecule has 3 rings (SSSR count). The summed E-state index contributed by atoms with van der Waals surface area (Å²) in [6, 6.07) is 17.7. The van der Waals surface area contributed by atoms with Crippen LogP contribution in [0.3, 0.4) is 0 Å². The maximum atomic E-state index is 12.1. The van der Waals surface area contributed by atoms with Crippen LogP contribution in [0.1, 0.15) is 30.6 Å². The van der Waals surface area contributed by atoms with Gasteiger partial charge in [-0.25, -0.2) is 0 Å². The van der Waals surface area contributed by atoms with Gasteiger partial charge in [0.15, 0.2) is 0 Å². The van der Waals surface area contributed by atoms with Crippen molar-refractivity contribution in [3.8, 4) is 0 Å². The summed E-state index contributed by atoms with van der Waals surface area (Å²) in [4.78, 5) is 26.5. The number of hydrogen-bond acceptors (Lipinski definition) is 4. The number of benzene rings is 2. The van der Waals surface area contributed by atoms with Gasteiger partial charge in [-0.05, 0) is 30.0 Å². The fourth-order valence-electron chi connectivity index (χ4n) is 3.49. The van der Waals surface area contributed by atoms with Gasteiger partial charge in [0.1, 0.15) is 0 Å². The third kappa shape index (κ3) is 6.14. The number of amides is 2. The lowest BCUT2D eigenvalue weighted by atomic mass is 10.1. The number of anilines is 1. The highest BCUT2D eigenvalue weighted by atomic mass is 16.5. The Labute approximate surface area is 172 Å². The van der Waals surface area contributed by atoms with E-state index in [0.717, 1.165) is 38.0 Å². The van der Waals surface area contributed by atoms with E-state index in [1.165, 1.54) is 5.56 Å². The van der Waals surface area contributed by atoms with E-state index in [1.54, 1.807) is 0 Å². The van der Waals surface area contributed by atoms with Crippen LogP contribution in [0.4, 0.5) is 5.69 Å². The minimum Gasteiger partial charge on any atom is -0.371 e. The first-order chi connectivity index (χ1) is 14.2. The summed E-state index contributed by atoms with van der Waals surface area (Å²) in [7, 11) is 0. The molecule has 0 radical (unpaired) electrons. The van der Waals surface area contributed by atoms with Crippen molar-refractivity contribution in [1.82, 2.24) is 10.2 Å². The predicted octanol–water partition coefficient (Wildman–Crippen LogP) is 2.77. The zero-order valence-corrected chi connectivity index (χ0v) is 16.9. The molecule has 1 saturated heterocycles. The Morgan fingerprint density at radius 3 is 2.62 bits per heavy atom. The summed E-state index contributed by atoms with van der Waals surface area (Å²) in [6.45, 7) is 5.75. The molecule has 0 bridgehead atoms. The first-order valence-electron chi connectivity index (χ1n) is 10.2. The molecule has 2 aromatic rings. The number of nitrogens with one attached hydrogen (secondary N) is 2. The van der Waals surface area contributed by atoms with Gasteiger partial charge in [0, 0.05) is 31.9 Å². The molecule has 6 nitrogen and oxygen atoms in total. The molecule has 0 saturated carbocycles. The number of carbonyl (C=O) groups is 2. The summed E-state index contributed by atoms with van der Waals surface area (Å²) < 4.78 is 5.88. The average Bonchev–Trinajstić information content (AvgIpc) is 2.77. The van der Waals surface area contributed by atoms with Gasteiger partial charge >= 0.3 is 11.8 Å². The summed E-state index contributed by atoms with van der Waals surface area (Å²) in [5.74, 6) is -1.22. The van der Waals surface area contributed by atoms with Crippen LogP contribution in [-0.4, -0.2) is 49.5 Å². The van der Waals surface area contributed by atoms with Crippen molar-refractivity contribution in [3.63, 3.8) is 0 Å². The van der Waals surface area contributed by atoms with Crippen molar-refractivity contribution >= 4 is 17.5 Å². The molecular formula is C23H29N3O3. The van der Waals surface area contributed by atoms with Crippen LogP contribution < -0.4 is 10.6 Å². The van der Waals surface area contributed by atoms with Crippen LogP contribution in [0.5, 0.6) is 0 Å². The minimum atomic E-state index is -0.624. The largest absolute Gasteiger partial charge is 0.371 e. The number of carbonyl (C=O) groups excluding carboxylic acids is 2. The summed E-state index contributed by atoms with van der Waals surface area (Å²) in [5, 5.41) is 5.41. The lowest BCUT2D eigenvalue weighted by molar-refractivity contribution is -0.136. The Balaban J connectivity index is 1.38. The number of ether oxygens (including phenoxy) is 1. The van der Waals surface area contributed by atoms with Crippen molar-refractivity contribution in [1.29, 1.82) is 0 Å². The predicted molar refractivity (Wildman–Crippen MR) is 114 cm³/mol. The van der Waals surface area contributed by atoms with E-state index >= 15 is 0 Å². The molecule has 29 heavy (non-hydrogen) atoms. The van der Waals surface area contributed by atoms with Gasteiger partial charge in [-0.2, -0.15) is 0 Å². The van der Waals surface area contributed by atoms with Gasteiger partial charge in [0.25, 0.3) is 0 Å². The second-order valence-corrected chi connectivity index (χ2v) is 7.15. The summed E-state index contributed by atoms with van der Waals surface area (Å²) >= 11 is 0. The number of rotatable bonds is 7. The van der Waals surface area contributed by atoms with E-state index < -0.39 is 11.8 Å². The monoisotopic (exact) mass is 395 g/mol. The molecule has 6 heteroatoms. The van der Waals surface area contributed by atoms with Gasteiger partial charge < -0.3 is 15.4 Å². The van der Waals surface area contributed by atoms with Crippen LogP contribution in [-0.2, 0) is 20.7 Å². The number of hydrogen-bond donors (Lipinski definition) is 2. The third-order valence-corrected chi connectivity index (χ3v) is 5.11. The fraction of sp³-hybridized carbons (Fsp3) is 0.391. The molecule has 1 heterocycles. The molecule has 0 aromatic heterocycles. The van der Waals surface area contributed by atoms with Crippen molar-refractivity contribution in [3.05, 3.63) is 65.7 Å². The van der Waals surface area contributed by atoms with E-state index in [4.69, 9.17) is 4.74 Å². The lowest BCUT2D eigenvalue weighted by Crippen LogP contribution is -2.41. The van der Waals surface area contributed by atoms with Crippen LogP contribution in [0.15, 0.2) is 54.6 Å². The molecule has 0 aliphatic carbocycles. The molecule has 1 aliphatic heterocycles. The van der Waals surface area contributed by atoms with Crippen LogP contribution in [0.2, 0.25) is 0 Å². The molecule has 2 amide bonds. The highest BCUT2D eigenvalue weighted by molar-refractivity contribution is 6.39. The van der Waals surface area contributed by atoms with E-state index in [0.29, 0.717) is 18.8 Å². The Bertz CT molecular complexity index is 810. The van der Waals surface area contributed by atoms with Crippen molar-refractivity contribution in [2.45, 2.75) is 25.9 Å². The zero-order valence-electron chi connectivity index (χ0n) is 16.9. The first kappa shape index (κ1) is 21.0. The number of morpholine rings is 1. The highest BCUT2D eigenvalue weighted by Gasteiger charge is 2.21. The maximum Gasteiger partial charge on any atom is 0.313 e. The molecule has 1 aliphatic rings. The summed E-state index contributed by atoms with van der Waals surface area (Å²) in [5.41, 5.74) is 2.89. The average molecular weight is 396 g/mol. The lowest BCUT2D eigenvalue weighted by Gasteiger charge is -2.33. The molecule has 154 valence electrons. The Hall–Kier alpha value is -2.70. The molecule has 0 unspecified atom stereocenters. The molecule has 2 N–H and O–H groups in total. The van der Waals surface area contributed by atoms with E-state index in [1.807, 2.05) is 49.4 Å². The highest BCUT2D eigenvalue weighted by Crippen LogP contribution is 2.21. The van der Waals surface area contributed by atoms with Crippen molar-refractivity contribution < 1.29 is 14.3 Å². The van der Waals surface area contributed by atoms with E-state index in [2.05, 4.69) is 27.7 Å². The maximum absolute atomic E-state index is 12.1. The zero-order chi connectivity index (χ0) is 20.5. The molecule has 1 fully saturated rings. The number of aryl methyl sites for hydroxylation is 1. The Kier molecular flexibility index (Phi) is 7.78. The SMILES string of the molecule is CCc1ccccc1NC(=O)C(=O)NCCCN1CCO[C@@H](c2ccccc2)C1. The second-order valence-electron chi connectivity index (χ2n) is 7.15. The van der Waals surface area contributed by atoms with Gasteiger partial charge in [-0.3, -0.25) is 14.5 Å². The fourth-order valence-corrected chi connectivity index (χ4v) is 3.49. The number of para-hydroxylation sites is 1. The summed E-state index contributed by atoms with van der Waals surface area (Å²) in [6.07, 6.45) is 1.66. The van der Waals surface area contributed by atoms with Crippen LogP contribution in [0.25, 0.3) is 0 Å². The molecule has 2 aromatic carbocycles. The van der Waals surface area contributed by atoms with Gasteiger partial charge in [-0.15, -0.1) is 0 Å². The van der Waals surface area contributed by atoms with E-state index in [9.17, 15) is 9.59 Å². The molecule has 1 atom stereocenters. The Morgan fingerprint density at radius 2 is 1.83 bits per heavy atom. The van der Waals surface area contributed by atoms with Gasteiger partial charge in [0.05, 0.1) is 12.7 Å². The smallest absolute Gasteiger partial charge is 0.313 e. The minimum absolute atomic E-state index is 0.0870. The second kappa shape index (κ2) is 10.7. The third-order valence-electron chi connectivity index (χ3n) is 5.11. The quantitative estimate of drug-likeness (QED) is 0.559. The van der Waals surface area contributed by atoms with Gasteiger partial charge in [0.2, 0.25) is 0 Å². The van der Waals surface area contributed by atoms with Crippen molar-refractivity contribution in [2.75, 3.05) is 38.1 Å². The van der Waals surface area contributed by atoms with Crippen LogP contribution >= 0.6 is 0 Å². The van der Waals surface area contributed by atoms with Crippen LogP contribution in [0, 0.1) is 0 Å². The van der Waals surface area contributed by atoms with Gasteiger partial charge in [-0.1, -0.05) is 55.5 Å². The Morgan fingerprint density at radius 1 is 1.07 bits per heavy atom. The van der Waals surface area contributed by atoms with E-state index in [-0.39, 0.29) is 6.10 Å². The molecule has 0 spiro atoms. The first-order valence-corrected chi connectivity index (χ1v) is 10.2. The number of nitrogens with zero attached hydrogens (tertiary/aromatic N) is 1. The molecular weight excluding hydrogens is 366 g/mol. The normalized spacial score (nSPS) is 16.9. The van der Waals surface area contributed by atoms with Crippen molar-refractivity contribution in [2.24, 2.45) is 0 Å². The standard InChI is InChI=1S/C23H29N3O3/c1-2-18-9-6-7-12-20(18)25-23(28)22(27)24-13-8-14-26-15-16-29-21(17-26)19-10-4-3-5-11-19/h3-7,9-12,21H,2,8,13-17H2,1H3,(H,24,27)(H,25,28)/t21-/m1/s1.